The second kappa shape index (κ2) is 5.82. The normalized spacial score (nSPS) is 15.9. The van der Waals surface area contributed by atoms with Crippen molar-refractivity contribution in [2.75, 3.05) is 0 Å². The highest BCUT2D eigenvalue weighted by Gasteiger charge is 2.16. The molecule has 0 aliphatic heterocycles. The zero-order valence-corrected chi connectivity index (χ0v) is 10.9. The Morgan fingerprint density at radius 1 is 1.12 bits per heavy atom. The zero-order chi connectivity index (χ0) is 12.1. The number of ether oxygens (including phenoxy) is 1. The van der Waals surface area contributed by atoms with Crippen molar-refractivity contribution in [3.8, 4) is 0 Å². The van der Waals surface area contributed by atoms with Crippen LogP contribution in [0.15, 0.2) is 52.7 Å². The van der Waals surface area contributed by atoms with Gasteiger partial charge in [-0.3, -0.25) is 4.79 Å². The van der Waals surface area contributed by atoms with Crippen LogP contribution in [0, 0.1) is 0 Å². The minimum atomic E-state index is -0.0709. The number of hydrogen-bond acceptors (Lipinski definition) is 2. The van der Waals surface area contributed by atoms with Gasteiger partial charge in [0.1, 0.15) is 6.61 Å². The molecular formula is C14H13BrO2. The van der Waals surface area contributed by atoms with Crippen LogP contribution in [-0.2, 0) is 16.1 Å². The van der Waals surface area contributed by atoms with Crippen molar-refractivity contribution in [3.05, 3.63) is 58.3 Å². The molecule has 2 rings (SSSR count). The van der Waals surface area contributed by atoms with E-state index in [-0.39, 0.29) is 5.78 Å². The standard InChI is InChI=1S/C14H13BrO2/c15-12-8-4-5-9-13(14(12)16)17-10-11-6-2-1-3-7-11/h1-3,6-9H,4-5,10H2. The molecule has 1 aliphatic rings. The van der Waals surface area contributed by atoms with Crippen LogP contribution < -0.4 is 0 Å². The third-order valence-corrected chi connectivity index (χ3v) is 3.18. The number of halogens is 1. The van der Waals surface area contributed by atoms with Gasteiger partial charge in [0, 0.05) is 0 Å². The first-order chi connectivity index (χ1) is 8.27. The number of ketones is 1. The van der Waals surface area contributed by atoms with Crippen LogP contribution in [0.1, 0.15) is 18.4 Å². The highest BCUT2D eigenvalue weighted by Crippen LogP contribution is 2.20. The van der Waals surface area contributed by atoms with E-state index < -0.39 is 0 Å². The van der Waals surface area contributed by atoms with E-state index in [4.69, 9.17) is 4.74 Å². The third kappa shape index (κ3) is 3.30. The van der Waals surface area contributed by atoms with Gasteiger partial charge in [0.15, 0.2) is 5.76 Å². The Hall–Kier alpha value is -1.35. The van der Waals surface area contributed by atoms with E-state index in [1.807, 2.05) is 42.5 Å². The van der Waals surface area contributed by atoms with Crippen LogP contribution in [0.3, 0.4) is 0 Å². The summed E-state index contributed by atoms with van der Waals surface area (Å²) in [4.78, 5) is 11.9. The van der Waals surface area contributed by atoms with Gasteiger partial charge in [0.05, 0.1) is 4.48 Å². The van der Waals surface area contributed by atoms with E-state index >= 15 is 0 Å². The fourth-order valence-electron chi connectivity index (χ4n) is 1.59. The number of hydrogen-bond donors (Lipinski definition) is 0. The molecule has 3 heteroatoms. The molecule has 0 saturated heterocycles. The molecule has 1 aromatic carbocycles. The largest absolute Gasteiger partial charge is 0.485 e. The number of carbonyl (C=O) groups is 1. The van der Waals surface area contributed by atoms with E-state index in [0.717, 1.165) is 18.4 Å². The van der Waals surface area contributed by atoms with Crippen molar-refractivity contribution in [2.45, 2.75) is 19.4 Å². The van der Waals surface area contributed by atoms with E-state index in [0.29, 0.717) is 16.8 Å². The fourth-order valence-corrected chi connectivity index (χ4v) is 2.01. The first kappa shape index (κ1) is 12.1. The molecule has 1 aromatic rings. The fraction of sp³-hybridized carbons (Fsp3) is 0.214. The summed E-state index contributed by atoms with van der Waals surface area (Å²) in [6, 6.07) is 9.83. The van der Waals surface area contributed by atoms with Crippen molar-refractivity contribution in [1.29, 1.82) is 0 Å². The molecule has 0 spiro atoms. The van der Waals surface area contributed by atoms with Gasteiger partial charge in [-0.15, -0.1) is 0 Å². The summed E-state index contributed by atoms with van der Waals surface area (Å²) < 4.78 is 6.16. The lowest BCUT2D eigenvalue weighted by atomic mass is 10.2. The minimum Gasteiger partial charge on any atom is -0.485 e. The summed E-state index contributed by atoms with van der Waals surface area (Å²) in [6.45, 7) is 0.429. The van der Waals surface area contributed by atoms with Crippen LogP contribution >= 0.6 is 15.9 Å². The maximum atomic E-state index is 11.9. The van der Waals surface area contributed by atoms with E-state index in [1.54, 1.807) is 0 Å². The maximum absolute atomic E-state index is 11.9. The molecule has 0 aromatic heterocycles. The minimum absolute atomic E-state index is 0.0709. The molecule has 0 unspecified atom stereocenters. The summed E-state index contributed by atoms with van der Waals surface area (Å²) in [5.74, 6) is 0.368. The molecule has 0 bridgehead atoms. The third-order valence-electron chi connectivity index (χ3n) is 2.50. The lowest BCUT2D eigenvalue weighted by Crippen LogP contribution is -2.05. The highest BCUT2D eigenvalue weighted by molar-refractivity contribution is 9.12. The summed E-state index contributed by atoms with van der Waals surface area (Å²) in [7, 11) is 0. The molecule has 0 radical (unpaired) electrons. The lowest BCUT2D eigenvalue weighted by molar-refractivity contribution is -0.114. The van der Waals surface area contributed by atoms with Gasteiger partial charge in [-0.25, -0.2) is 0 Å². The molecule has 1 aliphatic carbocycles. The van der Waals surface area contributed by atoms with Crippen molar-refractivity contribution < 1.29 is 9.53 Å². The Labute approximate surface area is 109 Å². The molecule has 0 atom stereocenters. The topological polar surface area (TPSA) is 26.3 Å². The average molecular weight is 293 g/mol. The van der Waals surface area contributed by atoms with Crippen LogP contribution in [0.25, 0.3) is 0 Å². The SMILES string of the molecule is O=C1C(Br)=CCCC=C1OCc1ccccc1. The molecular weight excluding hydrogens is 280 g/mol. The highest BCUT2D eigenvalue weighted by atomic mass is 79.9. The van der Waals surface area contributed by atoms with E-state index in [2.05, 4.69) is 15.9 Å². The van der Waals surface area contributed by atoms with Crippen LogP contribution in [0.5, 0.6) is 0 Å². The van der Waals surface area contributed by atoms with Crippen molar-refractivity contribution >= 4 is 21.7 Å². The molecule has 0 fully saturated rings. The van der Waals surface area contributed by atoms with Gasteiger partial charge >= 0.3 is 0 Å². The number of benzene rings is 1. The number of rotatable bonds is 3. The van der Waals surface area contributed by atoms with Crippen LogP contribution in [0.2, 0.25) is 0 Å². The van der Waals surface area contributed by atoms with Gasteiger partial charge in [-0.1, -0.05) is 36.4 Å². The summed E-state index contributed by atoms with van der Waals surface area (Å²) >= 11 is 3.26. The first-order valence-corrected chi connectivity index (χ1v) is 6.34. The van der Waals surface area contributed by atoms with Gasteiger partial charge in [0.25, 0.3) is 0 Å². The Balaban J connectivity index is 2.02. The summed E-state index contributed by atoms with van der Waals surface area (Å²) in [5, 5.41) is 0. The zero-order valence-electron chi connectivity index (χ0n) is 9.36. The Bertz CT molecular complexity index is 460. The van der Waals surface area contributed by atoms with Gasteiger partial charge < -0.3 is 4.74 Å². The van der Waals surface area contributed by atoms with Crippen molar-refractivity contribution in [1.82, 2.24) is 0 Å². The van der Waals surface area contributed by atoms with E-state index in [9.17, 15) is 4.79 Å². The molecule has 88 valence electrons. The molecule has 0 saturated carbocycles. The summed E-state index contributed by atoms with van der Waals surface area (Å²) in [5.41, 5.74) is 1.06. The van der Waals surface area contributed by atoms with Crippen LogP contribution in [0.4, 0.5) is 0 Å². The molecule has 0 N–H and O–H groups in total. The van der Waals surface area contributed by atoms with Crippen molar-refractivity contribution in [2.24, 2.45) is 0 Å². The summed E-state index contributed by atoms with van der Waals surface area (Å²) in [6.07, 6.45) is 5.45. The maximum Gasteiger partial charge on any atom is 0.233 e. The number of carbonyl (C=O) groups excluding carboxylic acids is 1. The smallest absolute Gasteiger partial charge is 0.233 e. The molecule has 0 amide bonds. The van der Waals surface area contributed by atoms with Gasteiger partial charge in [-0.2, -0.15) is 0 Å². The molecule has 17 heavy (non-hydrogen) atoms. The average Bonchev–Trinajstić information content (AvgIpc) is 2.52. The Morgan fingerprint density at radius 2 is 1.82 bits per heavy atom. The predicted molar refractivity (Wildman–Crippen MR) is 70.6 cm³/mol. The molecule has 0 heterocycles. The van der Waals surface area contributed by atoms with Crippen LogP contribution in [-0.4, -0.2) is 5.78 Å². The van der Waals surface area contributed by atoms with Crippen molar-refractivity contribution in [3.63, 3.8) is 0 Å². The first-order valence-electron chi connectivity index (χ1n) is 5.54. The second-order valence-corrected chi connectivity index (χ2v) is 4.66. The van der Waals surface area contributed by atoms with Gasteiger partial charge in [-0.05, 0) is 40.4 Å². The molecule has 2 nitrogen and oxygen atoms in total. The second-order valence-electron chi connectivity index (χ2n) is 3.80. The number of Topliss-reactive ketones (excluding diaryl/α,β-unsaturated/α-hetero) is 1. The predicted octanol–water partition coefficient (Wildman–Crippen LogP) is 3.73. The van der Waals surface area contributed by atoms with E-state index in [1.165, 1.54) is 0 Å². The number of allylic oxidation sites excluding steroid dienone is 3. The Kier molecular flexibility index (Phi) is 4.15. The lowest BCUT2D eigenvalue weighted by Gasteiger charge is -2.08. The quantitative estimate of drug-likeness (QED) is 0.849. The Morgan fingerprint density at radius 3 is 2.59 bits per heavy atom. The van der Waals surface area contributed by atoms with Gasteiger partial charge in [0.2, 0.25) is 5.78 Å². The monoisotopic (exact) mass is 292 g/mol.